The predicted octanol–water partition coefficient (Wildman–Crippen LogP) is 6.85. The van der Waals surface area contributed by atoms with Crippen molar-refractivity contribution in [1.29, 1.82) is 0 Å². The third-order valence-electron chi connectivity index (χ3n) is 5.24. The van der Waals surface area contributed by atoms with Crippen molar-refractivity contribution in [1.82, 2.24) is 0 Å². The molecule has 0 amide bonds. The molecule has 0 unspecified atom stereocenters. The van der Waals surface area contributed by atoms with Gasteiger partial charge in [-0.05, 0) is 24.5 Å². The van der Waals surface area contributed by atoms with Gasteiger partial charge in [-0.1, -0.05) is 75.6 Å². The van der Waals surface area contributed by atoms with E-state index in [-0.39, 0.29) is 5.41 Å². The number of aliphatic imine (C=N–C) groups is 1. The van der Waals surface area contributed by atoms with E-state index >= 15 is 0 Å². The summed E-state index contributed by atoms with van der Waals surface area (Å²) in [6, 6.07) is 16.7. The summed E-state index contributed by atoms with van der Waals surface area (Å²) in [6.07, 6.45) is 8.09. The van der Waals surface area contributed by atoms with Crippen molar-refractivity contribution < 1.29 is 26.0 Å². The molecule has 0 aromatic heterocycles. The van der Waals surface area contributed by atoms with Crippen LogP contribution in [0.2, 0.25) is 0 Å². The zero-order chi connectivity index (χ0) is 19.7. The topological polar surface area (TPSA) is 32.6 Å². The first kappa shape index (κ1) is 22.7. The first-order valence-corrected chi connectivity index (χ1v) is 15.7. The predicted molar refractivity (Wildman–Crippen MR) is 113 cm³/mol. The van der Waals surface area contributed by atoms with E-state index in [1.54, 1.807) is 0 Å². The second kappa shape index (κ2) is 11.4. The Bertz CT molecular complexity index is 728. The van der Waals surface area contributed by atoms with Gasteiger partial charge in [-0.2, -0.15) is 0 Å². The van der Waals surface area contributed by atoms with Crippen LogP contribution in [0.3, 0.4) is 0 Å². The number of hydrogen-bond acceptors (Lipinski definition) is 2. The van der Waals surface area contributed by atoms with Crippen molar-refractivity contribution >= 4 is 23.2 Å². The first-order valence-electron chi connectivity index (χ1n) is 9.38. The SMILES string of the molecule is CC(C)(c1ccccc1)c1cccc(C=NC2CCCCC2)c1O.[Cl][Zr][Cl]. The Morgan fingerprint density at radius 2 is 1.63 bits per heavy atom. The van der Waals surface area contributed by atoms with Crippen molar-refractivity contribution in [2.75, 3.05) is 0 Å². The number of rotatable bonds is 4. The molecule has 0 bridgehead atoms. The zero-order valence-electron chi connectivity index (χ0n) is 16.0. The van der Waals surface area contributed by atoms with Crippen LogP contribution in [0.15, 0.2) is 53.5 Å². The van der Waals surface area contributed by atoms with Crippen LogP contribution in [-0.4, -0.2) is 17.4 Å². The minimum absolute atomic E-state index is 0.250. The van der Waals surface area contributed by atoms with Crippen LogP contribution < -0.4 is 0 Å². The van der Waals surface area contributed by atoms with Gasteiger partial charge in [0.25, 0.3) is 0 Å². The molecule has 2 aromatic rings. The molecular weight excluding hydrogens is 456 g/mol. The van der Waals surface area contributed by atoms with Gasteiger partial charge in [-0.15, -0.1) is 0 Å². The monoisotopic (exact) mass is 481 g/mol. The molecule has 1 fully saturated rings. The van der Waals surface area contributed by atoms with Crippen LogP contribution in [0.4, 0.5) is 0 Å². The summed E-state index contributed by atoms with van der Waals surface area (Å²) in [5, 5.41) is 10.8. The van der Waals surface area contributed by atoms with E-state index in [2.05, 4.69) is 26.0 Å². The van der Waals surface area contributed by atoms with Gasteiger partial charge < -0.3 is 5.11 Å². The molecule has 0 atom stereocenters. The van der Waals surface area contributed by atoms with Gasteiger partial charge in [-0.25, -0.2) is 0 Å². The van der Waals surface area contributed by atoms with E-state index in [1.807, 2.05) is 42.6 Å². The number of para-hydroxylation sites is 1. The average molecular weight is 484 g/mol. The molecule has 27 heavy (non-hydrogen) atoms. The van der Waals surface area contributed by atoms with Crippen LogP contribution in [0.25, 0.3) is 0 Å². The summed E-state index contributed by atoms with van der Waals surface area (Å²) in [6.45, 7) is 4.30. The molecule has 1 saturated carbocycles. The number of halogens is 2. The Balaban J connectivity index is 0.000000817. The van der Waals surface area contributed by atoms with E-state index in [9.17, 15) is 5.11 Å². The maximum atomic E-state index is 10.8. The van der Waals surface area contributed by atoms with Gasteiger partial charge >= 0.3 is 37.9 Å². The molecule has 5 heteroatoms. The standard InChI is InChI=1S/C22H27NO.2ClH.Zr/c1-22(2,18-11-5-3-6-12-18)20-15-9-10-17(21(20)24)16-23-19-13-7-4-8-14-19;;;/h3,5-6,9-12,15-16,19,24H,4,7-8,13-14H2,1-2H3;2*1H;/q;;;+2/p-2. The molecule has 0 spiro atoms. The van der Waals surface area contributed by atoms with Crippen LogP contribution in [0.5, 0.6) is 5.75 Å². The van der Waals surface area contributed by atoms with Crippen molar-refractivity contribution in [3.05, 3.63) is 65.2 Å². The van der Waals surface area contributed by atoms with E-state index in [0.717, 1.165) is 11.1 Å². The molecule has 0 aliphatic heterocycles. The molecule has 0 radical (unpaired) electrons. The Morgan fingerprint density at radius 1 is 1.00 bits per heavy atom. The number of phenols is 1. The third kappa shape index (κ3) is 6.45. The molecule has 2 aromatic carbocycles. The molecule has 144 valence electrons. The molecule has 1 aliphatic rings. The molecule has 0 saturated heterocycles. The number of nitrogens with zero attached hydrogens (tertiary/aromatic N) is 1. The molecule has 0 heterocycles. The zero-order valence-corrected chi connectivity index (χ0v) is 19.9. The molecule has 1 aliphatic carbocycles. The van der Waals surface area contributed by atoms with Crippen molar-refractivity contribution in [2.24, 2.45) is 4.99 Å². The van der Waals surface area contributed by atoms with Gasteiger partial charge in [0.2, 0.25) is 0 Å². The first-order chi connectivity index (χ1) is 13.0. The molecule has 3 rings (SSSR count). The van der Waals surface area contributed by atoms with Crippen molar-refractivity contribution in [3.63, 3.8) is 0 Å². The van der Waals surface area contributed by atoms with Gasteiger partial charge in [0.1, 0.15) is 5.75 Å². The Labute approximate surface area is 181 Å². The second-order valence-corrected chi connectivity index (χ2v) is 11.1. The summed E-state index contributed by atoms with van der Waals surface area (Å²) in [5.74, 6) is 0.353. The summed E-state index contributed by atoms with van der Waals surface area (Å²) in [7, 11) is 9.87. The van der Waals surface area contributed by atoms with Crippen molar-refractivity contribution in [3.8, 4) is 5.75 Å². The molecule has 1 N–H and O–H groups in total. The van der Waals surface area contributed by atoms with E-state index in [4.69, 9.17) is 22.0 Å². The van der Waals surface area contributed by atoms with E-state index < -0.39 is 20.8 Å². The normalized spacial score (nSPS) is 15.3. The molecular formula is C22H27Cl2NOZr. The average Bonchev–Trinajstić information content (AvgIpc) is 2.69. The summed E-state index contributed by atoms with van der Waals surface area (Å²) in [5.41, 5.74) is 2.71. The van der Waals surface area contributed by atoms with Gasteiger partial charge in [0.05, 0.1) is 0 Å². The number of phenolic OH excluding ortho intramolecular Hbond substituents is 1. The Hall–Kier alpha value is -0.627. The van der Waals surface area contributed by atoms with Crippen LogP contribution in [0.1, 0.15) is 62.6 Å². The van der Waals surface area contributed by atoms with Gasteiger partial charge in [0, 0.05) is 28.8 Å². The van der Waals surface area contributed by atoms with Crippen molar-refractivity contribution in [2.45, 2.75) is 57.4 Å². The van der Waals surface area contributed by atoms with Crippen LogP contribution >= 0.6 is 17.0 Å². The van der Waals surface area contributed by atoms with Gasteiger partial charge in [-0.3, -0.25) is 4.99 Å². The number of hydrogen-bond donors (Lipinski definition) is 1. The van der Waals surface area contributed by atoms with Gasteiger partial charge in [0.15, 0.2) is 0 Å². The maximum absolute atomic E-state index is 10.8. The fourth-order valence-electron chi connectivity index (χ4n) is 3.60. The summed E-state index contributed by atoms with van der Waals surface area (Å²) < 4.78 is 0. The molecule has 2 nitrogen and oxygen atoms in total. The van der Waals surface area contributed by atoms with E-state index in [1.165, 1.54) is 37.7 Å². The Kier molecular flexibility index (Phi) is 9.56. The summed E-state index contributed by atoms with van der Waals surface area (Å²) in [4.78, 5) is 4.73. The summed E-state index contributed by atoms with van der Waals surface area (Å²) >= 11 is -0.826. The van der Waals surface area contributed by atoms with E-state index in [0.29, 0.717) is 11.8 Å². The number of aromatic hydroxyl groups is 1. The fourth-order valence-corrected chi connectivity index (χ4v) is 3.60. The second-order valence-electron chi connectivity index (χ2n) is 7.38. The Morgan fingerprint density at radius 3 is 2.26 bits per heavy atom. The number of benzene rings is 2. The van der Waals surface area contributed by atoms with Crippen LogP contribution in [-0.2, 0) is 26.3 Å². The van der Waals surface area contributed by atoms with Crippen LogP contribution in [0, 0.1) is 0 Å². The fraction of sp³-hybridized carbons (Fsp3) is 0.409. The minimum atomic E-state index is -0.826. The quantitative estimate of drug-likeness (QED) is 0.474. The third-order valence-corrected chi connectivity index (χ3v) is 5.24.